The van der Waals surface area contributed by atoms with Crippen molar-refractivity contribution in [1.82, 2.24) is 5.32 Å². The SMILES string of the molecule is C[C@@H](OCc1ccccc1)[C@H]1COC[C@@H](c2ccc(Cl)cc2)N1. The molecule has 1 aliphatic rings. The van der Waals surface area contributed by atoms with Crippen LogP contribution < -0.4 is 5.32 Å². The molecule has 1 fully saturated rings. The first kappa shape index (κ1) is 16.5. The van der Waals surface area contributed by atoms with E-state index in [1.54, 1.807) is 0 Å². The van der Waals surface area contributed by atoms with Crippen LogP contribution in [0, 0.1) is 0 Å². The van der Waals surface area contributed by atoms with Crippen LogP contribution in [-0.2, 0) is 16.1 Å². The highest BCUT2D eigenvalue weighted by atomic mass is 35.5. The summed E-state index contributed by atoms with van der Waals surface area (Å²) in [4.78, 5) is 0. The monoisotopic (exact) mass is 331 g/mol. The van der Waals surface area contributed by atoms with Gasteiger partial charge in [-0.25, -0.2) is 0 Å². The average Bonchev–Trinajstić information content (AvgIpc) is 2.61. The highest BCUT2D eigenvalue weighted by Gasteiger charge is 2.27. The second-order valence-corrected chi connectivity index (χ2v) is 6.35. The molecule has 0 unspecified atom stereocenters. The number of morpholine rings is 1. The van der Waals surface area contributed by atoms with Gasteiger partial charge in [0, 0.05) is 5.02 Å². The molecule has 0 aromatic heterocycles. The van der Waals surface area contributed by atoms with Gasteiger partial charge in [-0.3, -0.25) is 0 Å². The molecule has 1 aliphatic heterocycles. The Bertz CT molecular complexity index is 603. The van der Waals surface area contributed by atoms with Gasteiger partial charge in [-0.15, -0.1) is 0 Å². The maximum absolute atomic E-state index is 6.01. The molecule has 23 heavy (non-hydrogen) atoms. The molecule has 0 aliphatic carbocycles. The minimum atomic E-state index is 0.0744. The molecule has 0 amide bonds. The van der Waals surface area contributed by atoms with Gasteiger partial charge in [0.25, 0.3) is 0 Å². The molecule has 1 saturated heterocycles. The van der Waals surface area contributed by atoms with Gasteiger partial charge in [0.1, 0.15) is 0 Å². The van der Waals surface area contributed by atoms with Crippen molar-refractivity contribution < 1.29 is 9.47 Å². The Balaban J connectivity index is 1.56. The third kappa shape index (κ3) is 4.55. The zero-order valence-electron chi connectivity index (χ0n) is 13.2. The molecule has 1 heterocycles. The summed E-state index contributed by atoms with van der Waals surface area (Å²) in [5.41, 5.74) is 2.37. The lowest BCUT2D eigenvalue weighted by Crippen LogP contribution is -2.50. The third-order valence-corrected chi connectivity index (χ3v) is 4.44. The maximum atomic E-state index is 6.01. The van der Waals surface area contributed by atoms with E-state index >= 15 is 0 Å². The molecule has 4 heteroatoms. The van der Waals surface area contributed by atoms with Crippen molar-refractivity contribution in [2.24, 2.45) is 0 Å². The van der Waals surface area contributed by atoms with E-state index in [9.17, 15) is 0 Å². The van der Waals surface area contributed by atoms with E-state index in [1.165, 1.54) is 11.1 Å². The fraction of sp³-hybridized carbons (Fsp3) is 0.368. The lowest BCUT2D eigenvalue weighted by Gasteiger charge is -2.34. The van der Waals surface area contributed by atoms with Crippen LogP contribution in [0.3, 0.4) is 0 Å². The van der Waals surface area contributed by atoms with E-state index < -0.39 is 0 Å². The van der Waals surface area contributed by atoms with Gasteiger partial charge in [0.15, 0.2) is 0 Å². The van der Waals surface area contributed by atoms with E-state index in [2.05, 4.69) is 24.4 Å². The summed E-state index contributed by atoms with van der Waals surface area (Å²) in [7, 11) is 0. The van der Waals surface area contributed by atoms with Crippen molar-refractivity contribution in [3.63, 3.8) is 0 Å². The van der Waals surface area contributed by atoms with Gasteiger partial charge < -0.3 is 14.8 Å². The number of benzene rings is 2. The van der Waals surface area contributed by atoms with Crippen molar-refractivity contribution in [1.29, 1.82) is 0 Å². The molecule has 0 bridgehead atoms. The Hall–Kier alpha value is -1.39. The summed E-state index contributed by atoms with van der Waals surface area (Å²) in [5.74, 6) is 0. The van der Waals surface area contributed by atoms with Gasteiger partial charge in [-0.05, 0) is 30.2 Å². The molecule has 1 N–H and O–H groups in total. The molecule has 0 spiro atoms. The first-order valence-electron chi connectivity index (χ1n) is 7.97. The standard InChI is InChI=1S/C19H22ClNO2/c1-14(23-11-15-5-3-2-4-6-15)18-12-22-13-19(21-18)16-7-9-17(20)10-8-16/h2-10,14,18-19,21H,11-13H2,1H3/t14-,18-,19+/m1/s1. The number of rotatable bonds is 5. The van der Waals surface area contributed by atoms with Gasteiger partial charge in [-0.1, -0.05) is 54.1 Å². The van der Waals surface area contributed by atoms with E-state index in [0.717, 1.165) is 5.02 Å². The van der Waals surface area contributed by atoms with Crippen molar-refractivity contribution in [3.8, 4) is 0 Å². The van der Waals surface area contributed by atoms with Gasteiger partial charge in [-0.2, -0.15) is 0 Å². The second-order valence-electron chi connectivity index (χ2n) is 5.92. The Morgan fingerprint density at radius 1 is 1.13 bits per heavy atom. The molecule has 0 radical (unpaired) electrons. The van der Waals surface area contributed by atoms with Gasteiger partial charge >= 0.3 is 0 Å². The minimum absolute atomic E-state index is 0.0744. The summed E-state index contributed by atoms with van der Waals surface area (Å²) in [6.07, 6.45) is 0.0744. The Labute approximate surface area is 142 Å². The summed E-state index contributed by atoms with van der Waals surface area (Å²) in [6.45, 7) is 4.05. The predicted octanol–water partition coefficient (Wildman–Crippen LogP) is 3.97. The predicted molar refractivity (Wildman–Crippen MR) is 92.6 cm³/mol. The van der Waals surface area contributed by atoms with Crippen LogP contribution in [0.2, 0.25) is 5.02 Å². The van der Waals surface area contributed by atoms with E-state index in [1.807, 2.05) is 42.5 Å². The fourth-order valence-electron chi connectivity index (χ4n) is 2.74. The molecule has 3 nitrogen and oxygen atoms in total. The molecule has 3 atom stereocenters. The first-order valence-corrected chi connectivity index (χ1v) is 8.35. The van der Waals surface area contributed by atoms with Crippen LogP contribution in [0.15, 0.2) is 54.6 Å². The highest BCUT2D eigenvalue weighted by Crippen LogP contribution is 2.21. The summed E-state index contributed by atoms with van der Waals surface area (Å²) in [5, 5.41) is 4.38. The van der Waals surface area contributed by atoms with Crippen LogP contribution >= 0.6 is 11.6 Å². The van der Waals surface area contributed by atoms with Crippen LogP contribution in [0.5, 0.6) is 0 Å². The van der Waals surface area contributed by atoms with Crippen LogP contribution in [-0.4, -0.2) is 25.4 Å². The zero-order chi connectivity index (χ0) is 16.1. The minimum Gasteiger partial charge on any atom is -0.378 e. The normalized spacial score (nSPS) is 22.7. The fourth-order valence-corrected chi connectivity index (χ4v) is 2.87. The average molecular weight is 332 g/mol. The second kappa shape index (κ2) is 7.93. The third-order valence-electron chi connectivity index (χ3n) is 4.19. The molecular weight excluding hydrogens is 310 g/mol. The molecule has 2 aromatic rings. The number of hydrogen-bond acceptors (Lipinski definition) is 3. The van der Waals surface area contributed by atoms with Crippen LogP contribution in [0.4, 0.5) is 0 Å². The van der Waals surface area contributed by atoms with Gasteiger partial charge in [0.2, 0.25) is 0 Å². The number of halogens is 1. The molecule has 3 rings (SSSR count). The van der Waals surface area contributed by atoms with E-state index in [-0.39, 0.29) is 18.2 Å². The Morgan fingerprint density at radius 3 is 2.61 bits per heavy atom. The van der Waals surface area contributed by atoms with Crippen LogP contribution in [0.25, 0.3) is 0 Å². The van der Waals surface area contributed by atoms with Crippen molar-refractivity contribution >= 4 is 11.6 Å². The first-order chi connectivity index (χ1) is 11.2. The molecular formula is C19H22ClNO2. The van der Waals surface area contributed by atoms with Crippen molar-refractivity contribution in [2.75, 3.05) is 13.2 Å². The van der Waals surface area contributed by atoms with E-state index in [0.29, 0.717) is 19.8 Å². The smallest absolute Gasteiger partial charge is 0.0727 e. The quantitative estimate of drug-likeness (QED) is 0.899. The molecule has 0 saturated carbocycles. The van der Waals surface area contributed by atoms with E-state index in [4.69, 9.17) is 21.1 Å². The largest absolute Gasteiger partial charge is 0.378 e. The lowest BCUT2D eigenvalue weighted by molar-refractivity contribution is -0.0364. The Kier molecular flexibility index (Phi) is 5.68. The van der Waals surface area contributed by atoms with Crippen LogP contribution in [0.1, 0.15) is 24.1 Å². The number of nitrogens with one attached hydrogen (secondary N) is 1. The highest BCUT2D eigenvalue weighted by molar-refractivity contribution is 6.30. The topological polar surface area (TPSA) is 30.5 Å². The van der Waals surface area contributed by atoms with Crippen molar-refractivity contribution in [2.45, 2.75) is 31.7 Å². The number of hydrogen-bond donors (Lipinski definition) is 1. The summed E-state index contributed by atoms with van der Waals surface area (Å²) >= 11 is 5.96. The number of ether oxygens (including phenoxy) is 2. The molecule has 122 valence electrons. The zero-order valence-corrected chi connectivity index (χ0v) is 14.0. The van der Waals surface area contributed by atoms with Crippen molar-refractivity contribution in [3.05, 3.63) is 70.7 Å². The summed E-state index contributed by atoms with van der Waals surface area (Å²) < 4.78 is 11.8. The maximum Gasteiger partial charge on any atom is 0.0727 e. The summed E-state index contributed by atoms with van der Waals surface area (Å²) in [6, 6.07) is 18.5. The van der Waals surface area contributed by atoms with Gasteiger partial charge in [0.05, 0.1) is 38.0 Å². The lowest BCUT2D eigenvalue weighted by atomic mass is 10.0. The Morgan fingerprint density at radius 2 is 1.87 bits per heavy atom. The molecule has 2 aromatic carbocycles.